The lowest BCUT2D eigenvalue weighted by atomic mass is 9.76. The first-order valence-corrected chi connectivity index (χ1v) is 9.44. The van der Waals surface area contributed by atoms with Crippen LogP contribution in [-0.2, 0) is 24.7 Å². The molecule has 3 aliphatic heterocycles. The Kier molecular flexibility index (Phi) is 4.29. The molecule has 1 spiro atoms. The Hall–Kier alpha value is -1.96. The standard InChI is InChI=1S/C19H22ClN3O4/c1-9(2)15-13-14(17(25)23(16(13)24)6-7-27-3)19(22-15)11-8-10(20)4-5-12(11)21-18(19)26/h4-5,8-9,13-15,22H,6-7H2,1-3H3,(H,21,26)/t13-,14-,15?,19?/m0/s1. The van der Waals surface area contributed by atoms with Crippen LogP contribution in [0.3, 0.4) is 0 Å². The monoisotopic (exact) mass is 391 g/mol. The largest absolute Gasteiger partial charge is 0.383 e. The number of carbonyl (C=O) groups is 3. The Morgan fingerprint density at radius 1 is 1.26 bits per heavy atom. The summed E-state index contributed by atoms with van der Waals surface area (Å²) in [6.45, 7) is 4.41. The van der Waals surface area contributed by atoms with Crippen LogP contribution in [0.15, 0.2) is 18.2 Å². The fourth-order valence-corrected chi connectivity index (χ4v) is 4.91. The molecule has 0 aliphatic carbocycles. The number of anilines is 1. The fraction of sp³-hybridized carbons (Fsp3) is 0.526. The highest BCUT2D eigenvalue weighted by atomic mass is 35.5. The molecule has 2 unspecified atom stereocenters. The molecule has 3 aliphatic rings. The summed E-state index contributed by atoms with van der Waals surface area (Å²) >= 11 is 6.19. The van der Waals surface area contributed by atoms with Crippen LogP contribution in [0.25, 0.3) is 0 Å². The van der Waals surface area contributed by atoms with E-state index in [-0.39, 0.29) is 42.8 Å². The van der Waals surface area contributed by atoms with Crippen molar-refractivity contribution in [1.29, 1.82) is 0 Å². The summed E-state index contributed by atoms with van der Waals surface area (Å²) in [6, 6.07) is 4.83. The van der Waals surface area contributed by atoms with E-state index in [0.717, 1.165) is 0 Å². The van der Waals surface area contributed by atoms with Gasteiger partial charge in [-0.1, -0.05) is 25.4 Å². The minimum Gasteiger partial charge on any atom is -0.383 e. The summed E-state index contributed by atoms with van der Waals surface area (Å²) in [6.07, 6.45) is 0. The molecule has 7 nitrogen and oxygen atoms in total. The van der Waals surface area contributed by atoms with Crippen LogP contribution in [0.5, 0.6) is 0 Å². The number of nitrogens with zero attached hydrogens (tertiary/aromatic N) is 1. The molecule has 8 heteroatoms. The van der Waals surface area contributed by atoms with Gasteiger partial charge in [0, 0.05) is 29.4 Å². The van der Waals surface area contributed by atoms with Gasteiger partial charge in [-0.15, -0.1) is 0 Å². The van der Waals surface area contributed by atoms with E-state index in [2.05, 4.69) is 10.6 Å². The zero-order valence-electron chi connectivity index (χ0n) is 15.4. The van der Waals surface area contributed by atoms with E-state index in [1.165, 1.54) is 12.0 Å². The summed E-state index contributed by atoms with van der Waals surface area (Å²) < 4.78 is 5.05. The topological polar surface area (TPSA) is 87.7 Å². The van der Waals surface area contributed by atoms with E-state index < -0.39 is 17.4 Å². The molecule has 2 fully saturated rings. The molecule has 144 valence electrons. The van der Waals surface area contributed by atoms with Crippen molar-refractivity contribution in [3.05, 3.63) is 28.8 Å². The lowest BCUT2D eigenvalue weighted by Gasteiger charge is -2.30. The number of carbonyl (C=O) groups excluding carboxylic acids is 3. The summed E-state index contributed by atoms with van der Waals surface area (Å²) in [5.41, 5.74) is -0.0301. The van der Waals surface area contributed by atoms with Crippen molar-refractivity contribution in [3.8, 4) is 0 Å². The van der Waals surface area contributed by atoms with Gasteiger partial charge in [0.05, 0.1) is 25.0 Å². The molecule has 0 aromatic heterocycles. The third kappa shape index (κ3) is 2.38. The number of nitrogens with one attached hydrogen (secondary N) is 2. The van der Waals surface area contributed by atoms with Crippen molar-refractivity contribution in [1.82, 2.24) is 10.2 Å². The van der Waals surface area contributed by atoms with Crippen LogP contribution >= 0.6 is 11.6 Å². The maximum Gasteiger partial charge on any atom is 0.250 e. The minimum absolute atomic E-state index is 0.0621. The molecule has 1 aromatic carbocycles. The van der Waals surface area contributed by atoms with E-state index in [1.54, 1.807) is 18.2 Å². The van der Waals surface area contributed by atoms with Crippen LogP contribution in [0, 0.1) is 17.8 Å². The molecule has 4 atom stereocenters. The first-order chi connectivity index (χ1) is 12.8. The Morgan fingerprint density at radius 3 is 2.67 bits per heavy atom. The van der Waals surface area contributed by atoms with Gasteiger partial charge in [-0.25, -0.2) is 0 Å². The van der Waals surface area contributed by atoms with Crippen LogP contribution < -0.4 is 10.6 Å². The summed E-state index contributed by atoms with van der Waals surface area (Å²) in [5, 5.41) is 6.70. The highest BCUT2D eigenvalue weighted by Gasteiger charge is 2.70. The Morgan fingerprint density at radius 2 is 2.00 bits per heavy atom. The highest BCUT2D eigenvalue weighted by molar-refractivity contribution is 6.31. The average molecular weight is 392 g/mol. The third-order valence-electron chi connectivity index (χ3n) is 5.94. The van der Waals surface area contributed by atoms with E-state index in [0.29, 0.717) is 16.3 Å². The number of amides is 3. The Balaban J connectivity index is 1.86. The van der Waals surface area contributed by atoms with Gasteiger partial charge >= 0.3 is 0 Å². The number of rotatable bonds is 4. The molecule has 3 heterocycles. The quantitative estimate of drug-likeness (QED) is 0.757. The lowest BCUT2D eigenvalue weighted by Crippen LogP contribution is -2.54. The molecule has 3 amide bonds. The predicted octanol–water partition coefficient (Wildman–Crippen LogP) is 1.36. The van der Waals surface area contributed by atoms with Gasteiger partial charge < -0.3 is 10.1 Å². The van der Waals surface area contributed by atoms with Gasteiger partial charge in [0.1, 0.15) is 5.54 Å². The number of methoxy groups -OCH3 is 1. The first kappa shape index (κ1) is 18.4. The Labute approximate surface area is 162 Å². The summed E-state index contributed by atoms with van der Waals surface area (Å²) in [5.74, 6) is -2.22. The van der Waals surface area contributed by atoms with Crippen LogP contribution in [0.4, 0.5) is 5.69 Å². The lowest BCUT2D eigenvalue weighted by molar-refractivity contribution is -0.143. The van der Waals surface area contributed by atoms with E-state index in [9.17, 15) is 14.4 Å². The van der Waals surface area contributed by atoms with Gasteiger partial charge in [-0.05, 0) is 24.1 Å². The normalized spacial score (nSPS) is 31.8. The van der Waals surface area contributed by atoms with Gasteiger partial charge in [0.2, 0.25) is 17.7 Å². The molecular formula is C19H22ClN3O4. The van der Waals surface area contributed by atoms with Gasteiger partial charge in [0.15, 0.2) is 0 Å². The number of ether oxygens (including phenoxy) is 1. The fourth-order valence-electron chi connectivity index (χ4n) is 4.74. The predicted molar refractivity (Wildman–Crippen MR) is 99.1 cm³/mol. The van der Waals surface area contributed by atoms with Gasteiger partial charge in [0.25, 0.3) is 0 Å². The molecule has 4 rings (SSSR count). The molecule has 0 bridgehead atoms. The second-order valence-electron chi connectivity index (χ2n) is 7.69. The summed E-state index contributed by atoms with van der Waals surface area (Å²) in [7, 11) is 1.52. The molecule has 0 radical (unpaired) electrons. The number of halogens is 1. The molecular weight excluding hydrogens is 370 g/mol. The van der Waals surface area contributed by atoms with Crippen molar-refractivity contribution in [3.63, 3.8) is 0 Å². The van der Waals surface area contributed by atoms with Crippen molar-refractivity contribution < 1.29 is 19.1 Å². The maximum absolute atomic E-state index is 13.3. The zero-order valence-corrected chi connectivity index (χ0v) is 16.2. The van der Waals surface area contributed by atoms with E-state index >= 15 is 0 Å². The molecule has 2 saturated heterocycles. The minimum atomic E-state index is -1.28. The average Bonchev–Trinajstić information content (AvgIpc) is 3.20. The highest BCUT2D eigenvalue weighted by Crippen LogP contribution is 2.54. The summed E-state index contributed by atoms with van der Waals surface area (Å²) in [4.78, 5) is 40.7. The van der Waals surface area contributed by atoms with E-state index in [4.69, 9.17) is 16.3 Å². The molecule has 0 saturated carbocycles. The number of fused-ring (bicyclic) bond motifs is 4. The number of benzene rings is 1. The number of hydrogen-bond donors (Lipinski definition) is 2. The second kappa shape index (κ2) is 6.29. The first-order valence-electron chi connectivity index (χ1n) is 9.06. The van der Waals surface area contributed by atoms with Gasteiger partial charge in [-0.2, -0.15) is 0 Å². The second-order valence-corrected chi connectivity index (χ2v) is 8.13. The van der Waals surface area contributed by atoms with E-state index in [1.807, 2.05) is 13.8 Å². The Bertz CT molecular complexity index is 842. The molecule has 27 heavy (non-hydrogen) atoms. The van der Waals surface area contributed by atoms with Crippen molar-refractivity contribution >= 4 is 35.0 Å². The van der Waals surface area contributed by atoms with Crippen molar-refractivity contribution in [2.24, 2.45) is 17.8 Å². The zero-order chi connectivity index (χ0) is 19.5. The van der Waals surface area contributed by atoms with Crippen molar-refractivity contribution in [2.75, 3.05) is 25.6 Å². The maximum atomic E-state index is 13.3. The number of hydrogen-bond acceptors (Lipinski definition) is 5. The van der Waals surface area contributed by atoms with Crippen LogP contribution in [-0.4, -0.2) is 48.9 Å². The SMILES string of the molecule is COCCN1C(=O)[C@@H]2C(C(C)C)NC3(C(=O)Nc4ccc(Cl)cc43)[C@@H]2C1=O. The molecule has 2 N–H and O–H groups in total. The number of imide groups is 1. The third-order valence-corrected chi connectivity index (χ3v) is 6.18. The van der Waals surface area contributed by atoms with Gasteiger partial charge in [-0.3, -0.25) is 24.6 Å². The van der Waals surface area contributed by atoms with Crippen LogP contribution in [0.2, 0.25) is 5.02 Å². The number of likely N-dealkylation sites (tertiary alicyclic amines) is 1. The van der Waals surface area contributed by atoms with Crippen LogP contribution in [0.1, 0.15) is 19.4 Å². The molecule has 1 aromatic rings. The smallest absolute Gasteiger partial charge is 0.250 e. The van der Waals surface area contributed by atoms with Crippen molar-refractivity contribution in [2.45, 2.75) is 25.4 Å².